The van der Waals surface area contributed by atoms with E-state index in [1.54, 1.807) is 0 Å². The van der Waals surface area contributed by atoms with Crippen molar-refractivity contribution in [3.63, 3.8) is 0 Å². The first-order valence-electron chi connectivity index (χ1n) is 5.91. The summed E-state index contributed by atoms with van der Waals surface area (Å²) < 4.78 is 0. The Morgan fingerprint density at radius 2 is 1.94 bits per heavy atom. The van der Waals surface area contributed by atoms with Crippen molar-refractivity contribution in [1.29, 1.82) is 0 Å². The number of aliphatic hydroxyl groups excluding tert-OH is 1. The van der Waals surface area contributed by atoms with Gasteiger partial charge in [-0.2, -0.15) is 0 Å². The smallest absolute Gasteiger partial charge is 0.256 e. The average Bonchev–Trinajstić information content (AvgIpc) is 2.38. The van der Waals surface area contributed by atoms with Crippen LogP contribution < -0.4 is 5.56 Å². The molecular weight excluding hydrogens is 228 g/mol. The van der Waals surface area contributed by atoms with Crippen LogP contribution in [-0.2, 0) is 6.61 Å². The van der Waals surface area contributed by atoms with E-state index >= 15 is 0 Å². The van der Waals surface area contributed by atoms with Gasteiger partial charge in [0.15, 0.2) is 0 Å². The number of nitrogens with zero attached hydrogens (tertiary/aromatic N) is 1. The van der Waals surface area contributed by atoms with Gasteiger partial charge in [-0.1, -0.05) is 38.1 Å². The number of benzene rings is 1. The van der Waals surface area contributed by atoms with Gasteiger partial charge < -0.3 is 10.1 Å². The van der Waals surface area contributed by atoms with E-state index in [0.717, 1.165) is 5.56 Å². The molecule has 0 bridgehead atoms. The number of rotatable bonds is 3. The zero-order chi connectivity index (χ0) is 13.1. The maximum absolute atomic E-state index is 11.6. The summed E-state index contributed by atoms with van der Waals surface area (Å²) in [6.45, 7) is 3.96. The van der Waals surface area contributed by atoms with E-state index in [4.69, 9.17) is 5.11 Å². The lowest BCUT2D eigenvalue weighted by Crippen LogP contribution is -2.14. The van der Waals surface area contributed by atoms with Gasteiger partial charge in [0.2, 0.25) is 0 Å². The maximum Gasteiger partial charge on any atom is 0.256 e. The maximum atomic E-state index is 11.6. The third-order valence-electron chi connectivity index (χ3n) is 2.89. The summed E-state index contributed by atoms with van der Waals surface area (Å²) in [6, 6.07) is 7.93. The summed E-state index contributed by atoms with van der Waals surface area (Å²) in [7, 11) is 0. The molecular formula is C14H16N2O2. The van der Waals surface area contributed by atoms with Crippen molar-refractivity contribution in [1.82, 2.24) is 9.97 Å². The molecule has 2 aromatic rings. The first-order chi connectivity index (χ1) is 8.61. The number of hydrogen-bond donors (Lipinski definition) is 2. The van der Waals surface area contributed by atoms with Crippen LogP contribution in [0.1, 0.15) is 30.9 Å². The third kappa shape index (κ3) is 2.49. The lowest BCUT2D eigenvalue weighted by molar-refractivity contribution is 0.279. The van der Waals surface area contributed by atoms with Crippen LogP contribution in [0.25, 0.3) is 11.4 Å². The highest BCUT2D eigenvalue weighted by Crippen LogP contribution is 2.19. The zero-order valence-electron chi connectivity index (χ0n) is 10.5. The van der Waals surface area contributed by atoms with Crippen molar-refractivity contribution in [3.05, 3.63) is 51.9 Å². The van der Waals surface area contributed by atoms with E-state index in [1.165, 1.54) is 11.8 Å². The van der Waals surface area contributed by atoms with Crippen molar-refractivity contribution >= 4 is 0 Å². The molecule has 1 aromatic carbocycles. The number of aromatic nitrogens is 2. The highest BCUT2D eigenvalue weighted by molar-refractivity contribution is 5.55. The van der Waals surface area contributed by atoms with Gasteiger partial charge in [0.25, 0.3) is 5.56 Å². The Kier molecular flexibility index (Phi) is 3.58. The Hall–Kier alpha value is -1.94. The fraction of sp³-hybridized carbons (Fsp3) is 0.286. The van der Waals surface area contributed by atoms with Crippen LogP contribution in [0.5, 0.6) is 0 Å². The molecule has 0 radical (unpaired) electrons. The molecule has 1 heterocycles. The minimum atomic E-state index is -0.297. The first-order valence-corrected chi connectivity index (χ1v) is 5.91. The SMILES string of the molecule is CC(C)c1ccc(-c2ncc(CO)c(=O)[nH]2)cc1. The Bertz CT molecular complexity index is 585. The second-order valence-corrected chi connectivity index (χ2v) is 4.52. The Morgan fingerprint density at radius 1 is 1.28 bits per heavy atom. The molecule has 0 atom stereocenters. The van der Waals surface area contributed by atoms with Crippen LogP contribution in [0.2, 0.25) is 0 Å². The standard InChI is InChI=1S/C14H16N2O2/c1-9(2)10-3-5-11(6-4-10)13-15-7-12(8-17)14(18)16-13/h3-7,9,17H,8H2,1-2H3,(H,15,16,18). The molecule has 0 amide bonds. The molecule has 1 aromatic heterocycles. The monoisotopic (exact) mass is 244 g/mol. The topological polar surface area (TPSA) is 66.0 Å². The molecule has 4 nitrogen and oxygen atoms in total. The molecule has 0 unspecified atom stereocenters. The summed E-state index contributed by atoms with van der Waals surface area (Å²) >= 11 is 0. The van der Waals surface area contributed by atoms with Crippen LogP contribution in [0, 0.1) is 0 Å². The molecule has 0 aliphatic carbocycles. The predicted octanol–water partition coefficient (Wildman–Crippen LogP) is 2.05. The number of H-pyrrole nitrogens is 1. The summed E-state index contributed by atoms with van der Waals surface area (Å²) in [5.41, 5.74) is 2.09. The van der Waals surface area contributed by atoms with E-state index in [-0.39, 0.29) is 17.7 Å². The second-order valence-electron chi connectivity index (χ2n) is 4.52. The van der Waals surface area contributed by atoms with Gasteiger partial charge >= 0.3 is 0 Å². The van der Waals surface area contributed by atoms with Crippen molar-refractivity contribution in [2.75, 3.05) is 0 Å². The van der Waals surface area contributed by atoms with Gasteiger partial charge in [0.05, 0.1) is 12.2 Å². The summed E-state index contributed by atoms with van der Waals surface area (Å²) in [5, 5.41) is 8.92. The molecule has 0 spiro atoms. The molecule has 18 heavy (non-hydrogen) atoms. The molecule has 4 heteroatoms. The second kappa shape index (κ2) is 5.14. The summed E-state index contributed by atoms with van der Waals surface area (Å²) in [4.78, 5) is 18.4. The van der Waals surface area contributed by atoms with E-state index in [9.17, 15) is 4.79 Å². The molecule has 0 fully saturated rings. The summed E-state index contributed by atoms with van der Waals surface area (Å²) in [6.07, 6.45) is 1.41. The van der Waals surface area contributed by atoms with Crippen molar-refractivity contribution in [2.24, 2.45) is 0 Å². The predicted molar refractivity (Wildman–Crippen MR) is 70.3 cm³/mol. The quantitative estimate of drug-likeness (QED) is 0.868. The largest absolute Gasteiger partial charge is 0.391 e. The van der Waals surface area contributed by atoms with Crippen LogP contribution in [0.3, 0.4) is 0 Å². The number of nitrogens with one attached hydrogen (secondary N) is 1. The van der Waals surface area contributed by atoms with Gasteiger partial charge in [0, 0.05) is 11.8 Å². The van der Waals surface area contributed by atoms with Crippen LogP contribution >= 0.6 is 0 Å². The highest BCUT2D eigenvalue weighted by atomic mass is 16.3. The van der Waals surface area contributed by atoms with Gasteiger partial charge in [-0.05, 0) is 11.5 Å². The average molecular weight is 244 g/mol. The van der Waals surface area contributed by atoms with E-state index in [2.05, 4.69) is 23.8 Å². The molecule has 2 N–H and O–H groups in total. The Labute approximate surface area is 105 Å². The lowest BCUT2D eigenvalue weighted by Gasteiger charge is -2.06. The minimum Gasteiger partial charge on any atom is -0.391 e. The van der Waals surface area contributed by atoms with E-state index < -0.39 is 0 Å². The lowest BCUT2D eigenvalue weighted by atomic mass is 10.0. The summed E-state index contributed by atoms with van der Waals surface area (Å²) in [5.74, 6) is 0.996. The number of hydrogen-bond acceptors (Lipinski definition) is 3. The Balaban J connectivity index is 2.37. The highest BCUT2D eigenvalue weighted by Gasteiger charge is 2.05. The Morgan fingerprint density at radius 3 is 2.44 bits per heavy atom. The van der Waals surface area contributed by atoms with Crippen molar-refractivity contribution in [2.45, 2.75) is 26.4 Å². The van der Waals surface area contributed by atoms with Crippen LogP contribution in [-0.4, -0.2) is 15.1 Å². The molecule has 0 aliphatic heterocycles. The normalized spacial score (nSPS) is 10.9. The van der Waals surface area contributed by atoms with E-state index in [0.29, 0.717) is 11.7 Å². The third-order valence-corrected chi connectivity index (χ3v) is 2.89. The zero-order valence-corrected chi connectivity index (χ0v) is 10.5. The number of aromatic amines is 1. The fourth-order valence-electron chi connectivity index (χ4n) is 1.71. The molecule has 94 valence electrons. The fourth-order valence-corrected chi connectivity index (χ4v) is 1.71. The van der Waals surface area contributed by atoms with Gasteiger partial charge in [-0.15, -0.1) is 0 Å². The molecule has 2 rings (SSSR count). The molecule has 0 saturated heterocycles. The van der Waals surface area contributed by atoms with Crippen molar-refractivity contribution < 1.29 is 5.11 Å². The van der Waals surface area contributed by atoms with Crippen molar-refractivity contribution in [3.8, 4) is 11.4 Å². The molecule has 0 aliphatic rings. The van der Waals surface area contributed by atoms with Gasteiger partial charge in [-0.3, -0.25) is 4.79 Å². The molecule has 0 saturated carbocycles. The first kappa shape index (κ1) is 12.5. The van der Waals surface area contributed by atoms with Crippen LogP contribution in [0.15, 0.2) is 35.3 Å². The number of aliphatic hydroxyl groups is 1. The van der Waals surface area contributed by atoms with E-state index in [1.807, 2.05) is 24.3 Å². The van der Waals surface area contributed by atoms with Crippen LogP contribution in [0.4, 0.5) is 0 Å². The van der Waals surface area contributed by atoms with Gasteiger partial charge in [-0.25, -0.2) is 4.98 Å². The minimum absolute atomic E-state index is 0.276. The van der Waals surface area contributed by atoms with Gasteiger partial charge in [0.1, 0.15) is 5.82 Å².